The van der Waals surface area contributed by atoms with E-state index in [0.29, 0.717) is 16.6 Å². The van der Waals surface area contributed by atoms with E-state index in [1.165, 1.54) is 6.07 Å². The van der Waals surface area contributed by atoms with E-state index in [2.05, 4.69) is 19.2 Å². The third-order valence-corrected chi connectivity index (χ3v) is 4.69. The monoisotopic (exact) mass is 271 g/mol. The van der Waals surface area contributed by atoms with Crippen molar-refractivity contribution in [2.24, 2.45) is 5.92 Å². The van der Waals surface area contributed by atoms with Crippen LogP contribution in [0.3, 0.4) is 0 Å². The van der Waals surface area contributed by atoms with E-state index in [1.807, 2.05) is 6.92 Å². The molecule has 18 heavy (non-hydrogen) atoms. The van der Waals surface area contributed by atoms with E-state index >= 15 is 0 Å². The van der Waals surface area contributed by atoms with E-state index in [0.717, 1.165) is 13.0 Å². The molecule has 0 saturated heterocycles. The van der Waals surface area contributed by atoms with Crippen LogP contribution in [0.2, 0.25) is 0 Å². The summed E-state index contributed by atoms with van der Waals surface area (Å²) in [5.74, 6) is 0.514. The fourth-order valence-corrected chi connectivity index (χ4v) is 3.32. The van der Waals surface area contributed by atoms with Crippen LogP contribution in [0.5, 0.6) is 0 Å². The molecule has 1 rings (SSSR count). The molecule has 3 unspecified atom stereocenters. The average Bonchev–Trinajstić information content (AvgIpc) is 2.37. The number of hydrogen-bond donors (Lipinski definition) is 1. The molecule has 0 aliphatic rings. The van der Waals surface area contributed by atoms with Gasteiger partial charge >= 0.3 is 0 Å². The maximum Gasteiger partial charge on any atom is 0.139 e. The Labute approximate surface area is 111 Å². The Morgan fingerprint density at radius 3 is 2.56 bits per heavy atom. The number of benzene rings is 1. The second-order valence-corrected chi connectivity index (χ2v) is 5.96. The standard InChI is InChI=1S/C14H22FNOS/c1-4-11(3)13(16-5-2)10-18(17)14-9-7-6-8-12(14)15/h6-9,11,13,16H,4-5,10H2,1-3H3. The second kappa shape index (κ2) is 7.64. The number of rotatable bonds is 7. The van der Waals surface area contributed by atoms with E-state index in [-0.39, 0.29) is 11.9 Å². The minimum absolute atomic E-state index is 0.167. The minimum Gasteiger partial charge on any atom is -0.313 e. The summed E-state index contributed by atoms with van der Waals surface area (Å²) >= 11 is 0. The Bertz CT molecular complexity index is 397. The van der Waals surface area contributed by atoms with Crippen molar-refractivity contribution in [2.75, 3.05) is 12.3 Å². The lowest BCUT2D eigenvalue weighted by atomic mass is 10.0. The summed E-state index contributed by atoms with van der Waals surface area (Å²) in [7, 11) is -1.29. The van der Waals surface area contributed by atoms with Gasteiger partial charge in [0.25, 0.3) is 0 Å². The first-order valence-corrected chi connectivity index (χ1v) is 7.78. The molecule has 0 radical (unpaired) electrons. The summed E-state index contributed by atoms with van der Waals surface area (Å²) in [4.78, 5) is 0.309. The fraction of sp³-hybridized carbons (Fsp3) is 0.571. The molecule has 102 valence electrons. The molecule has 0 bridgehead atoms. The minimum atomic E-state index is -1.29. The van der Waals surface area contributed by atoms with Gasteiger partial charge in [-0.15, -0.1) is 0 Å². The normalized spacial score (nSPS) is 16.2. The van der Waals surface area contributed by atoms with Crippen molar-refractivity contribution in [1.29, 1.82) is 0 Å². The Morgan fingerprint density at radius 2 is 2.00 bits per heavy atom. The zero-order valence-electron chi connectivity index (χ0n) is 11.3. The van der Waals surface area contributed by atoms with Gasteiger partial charge in [-0.05, 0) is 24.6 Å². The van der Waals surface area contributed by atoms with Crippen molar-refractivity contribution >= 4 is 10.8 Å². The van der Waals surface area contributed by atoms with Crippen LogP contribution in [-0.4, -0.2) is 22.5 Å². The summed E-state index contributed by atoms with van der Waals surface area (Å²) in [5.41, 5.74) is 0. The van der Waals surface area contributed by atoms with Crippen molar-refractivity contribution in [3.8, 4) is 0 Å². The van der Waals surface area contributed by atoms with E-state index < -0.39 is 10.8 Å². The van der Waals surface area contributed by atoms with Gasteiger partial charge in [0, 0.05) is 11.8 Å². The van der Waals surface area contributed by atoms with Gasteiger partial charge in [0.2, 0.25) is 0 Å². The molecule has 4 heteroatoms. The first kappa shape index (κ1) is 15.3. The molecule has 1 N–H and O–H groups in total. The van der Waals surface area contributed by atoms with Crippen LogP contribution in [0, 0.1) is 11.7 Å². The Kier molecular flexibility index (Phi) is 6.50. The quantitative estimate of drug-likeness (QED) is 0.826. The Hall–Kier alpha value is -0.740. The van der Waals surface area contributed by atoms with E-state index in [9.17, 15) is 8.60 Å². The van der Waals surface area contributed by atoms with Crippen LogP contribution in [0.15, 0.2) is 29.2 Å². The molecule has 3 atom stereocenters. The summed E-state index contributed by atoms with van der Waals surface area (Å²) in [6, 6.07) is 6.47. The zero-order chi connectivity index (χ0) is 13.5. The van der Waals surface area contributed by atoms with Crippen molar-refractivity contribution in [3.63, 3.8) is 0 Å². The molecule has 0 aromatic heterocycles. The summed E-state index contributed by atoms with van der Waals surface area (Å²) in [5, 5.41) is 3.34. The first-order valence-electron chi connectivity index (χ1n) is 6.46. The van der Waals surface area contributed by atoms with Gasteiger partial charge in [-0.3, -0.25) is 4.21 Å². The highest BCUT2D eigenvalue weighted by Gasteiger charge is 2.19. The van der Waals surface area contributed by atoms with Crippen molar-refractivity contribution < 1.29 is 8.60 Å². The topological polar surface area (TPSA) is 29.1 Å². The largest absolute Gasteiger partial charge is 0.313 e. The Morgan fingerprint density at radius 1 is 1.33 bits per heavy atom. The predicted molar refractivity (Wildman–Crippen MR) is 74.6 cm³/mol. The highest BCUT2D eigenvalue weighted by atomic mass is 32.2. The van der Waals surface area contributed by atoms with Crippen LogP contribution < -0.4 is 5.32 Å². The maximum atomic E-state index is 13.5. The highest BCUT2D eigenvalue weighted by Crippen LogP contribution is 2.16. The van der Waals surface area contributed by atoms with Gasteiger partial charge < -0.3 is 5.32 Å². The van der Waals surface area contributed by atoms with Crippen molar-refractivity contribution in [1.82, 2.24) is 5.32 Å². The average molecular weight is 271 g/mol. The summed E-state index contributed by atoms with van der Waals surface area (Å²) in [6.45, 7) is 7.11. The van der Waals surface area contributed by atoms with Crippen LogP contribution >= 0.6 is 0 Å². The second-order valence-electron chi connectivity index (χ2n) is 4.49. The van der Waals surface area contributed by atoms with Crippen molar-refractivity contribution in [2.45, 2.75) is 38.1 Å². The van der Waals surface area contributed by atoms with Gasteiger partial charge in [-0.1, -0.05) is 39.3 Å². The molecule has 0 fully saturated rings. The molecule has 2 nitrogen and oxygen atoms in total. The lowest BCUT2D eigenvalue weighted by molar-refractivity contribution is 0.401. The molecule has 0 aliphatic heterocycles. The molecule has 0 heterocycles. The van der Waals surface area contributed by atoms with Crippen molar-refractivity contribution in [3.05, 3.63) is 30.1 Å². The van der Waals surface area contributed by atoms with Gasteiger partial charge in [-0.25, -0.2) is 4.39 Å². The zero-order valence-corrected chi connectivity index (χ0v) is 12.1. The lowest BCUT2D eigenvalue weighted by Gasteiger charge is -2.23. The number of nitrogens with one attached hydrogen (secondary N) is 1. The highest BCUT2D eigenvalue weighted by molar-refractivity contribution is 7.85. The van der Waals surface area contributed by atoms with Gasteiger partial charge in [-0.2, -0.15) is 0 Å². The molecule has 1 aromatic carbocycles. The molecular weight excluding hydrogens is 249 g/mol. The molecule has 0 aliphatic carbocycles. The van der Waals surface area contributed by atoms with Crippen LogP contribution in [-0.2, 0) is 10.8 Å². The predicted octanol–water partition coefficient (Wildman–Crippen LogP) is 2.96. The molecule has 0 saturated carbocycles. The van der Waals surface area contributed by atoms with E-state index in [1.54, 1.807) is 18.2 Å². The lowest BCUT2D eigenvalue weighted by Crippen LogP contribution is -2.39. The summed E-state index contributed by atoms with van der Waals surface area (Å²) < 4.78 is 25.7. The summed E-state index contributed by atoms with van der Waals surface area (Å²) in [6.07, 6.45) is 1.02. The van der Waals surface area contributed by atoms with Gasteiger partial charge in [0.05, 0.1) is 15.7 Å². The third-order valence-electron chi connectivity index (χ3n) is 3.21. The third kappa shape index (κ3) is 4.18. The molecule has 0 spiro atoms. The van der Waals surface area contributed by atoms with Gasteiger partial charge in [0.1, 0.15) is 5.82 Å². The molecular formula is C14H22FNOS. The first-order chi connectivity index (χ1) is 8.60. The van der Waals surface area contributed by atoms with Crippen LogP contribution in [0.1, 0.15) is 27.2 Å². The van der Waals surface area contributed by atoms with Crippen LogP contribution in [0.25, 0.3) is 0 Å². The van der Waals surface area contributed by atoms with E-state index in [4.69, 9.17) is 0 Å². The SMILES string of the molecule is CCNC(CS(=O)c1ccccc1F)C(C)CC. The molecule has 1 aromatic rings. The molecule has 0 amide bonds. The maximum absolute atomic E-state index is 13.5. The fourth-order valence-electron chi connectivity index (χ4n) is 1.85. The van der Waals surface area contributed by atoms with Crippen LogP contribution in [0.4, 0.5) is 4.39 Å². The smallest absolute Gasteiger partial charge is 0.139 e. The number of halogens is 1. The number of hydrogen-bond acceptors (Lipinski definition) is 2. The Balaban J connectivity index is 2.75. The van der Waals surface area contributed by atoms with Gasteiger partial charge in [0.15, 0.2) is 0 Å².